The zero-order valence-corrected chi connectivity index (χ0v) is 9.35. The van der Waals surface area contributed by atoms with Gasteiger partial charge in [-0.15, -0.1) is 12.4 Å². The quantitative estimate of drug-likeness (QED) is 0.773. The maximum atomic E-state index is 13.0. The molecule has 1 heterocycles. The molecule has 1 fully saturated rings. The first kappa shape index (κ1) is 12.4. The van der Waals surface area contributed by atoms with E-state index in [0.29, 0.717) is 6.42 Å². The lowest BCUT2D eigenvalue weighted by molar-refractivity contribution is 0.107. The number of aliphatic hydroxyl groups is 1. The second kappa shape index (κ2) is 4.47. The first-order chi connectivity index (χ1) is 6.63. The summed E-state index contributed by atoms with van der Waals surface area (Å²) in [6, 6.07) is 6.39. The molecule has 1 saturated heterocycles. The molecule has 4 heteroatoms. The predicted molar refractivity (Wildman–Crippen MR) is 59.6 cm³/mol. The molecule has 2 atom stereocenters. The summed E-state index contributed by atoms with van der Waals surface area (Å²) in [7, 11) is 0. The van der Waals surface area contributed by atoms with Gasteiger partial charge in [0.2, 0.25) is 0 Å². The Balaban J connectivity index is 0.00000112. The maximum absolute atomic E-state index is 13.0. The summed E-state index contributed by atoms with van der Waals surface area (Å²) in [6.45, 7) is 2.67. The van der Waals surface area contributed by atoms with Gasteiger partial charge < -0.3 is 10.4 Å². The van der Waals surface area contributed by atoms with Crippen molar-refractivity contribution in [3.63, 3.8) is 0 Å². The van der Waals surface area contributed by atoms with Crippen molar-refractivity contribution in [2.24, 2.45) is 0 Å². The molecule has 0 radical (unpaired) electrons. The summed E-state index contributed by atoms with van der Waals surface area (Å²) in [5.74, 6) is -0.260. The largest absolute Gasteiger partial charge is 0.391 e. The minimum absolute atomic E-state index is 0. The summed E-state index contributed by atoms with van der Waals surface area (Å²) in [5, 5.41) is 13.0. The molecular weight excluding hydrogens is 217 g/mol. The average molecular weight is 232 g/mol. The SMILES string of the molecule is CC1(c2cccc(F)c2)NCCC1O.Cl. The molecule has 0 aromatic heterocycles. The highest BCUT2D eigenvalue weighted by atomic mass is 35.5. The predicted octanol–water partition coefficient (Wildman–Crippen LogP) is 1.82. The van der Waals surface area contributed by atoms with E-state index in [0.717, 1.165) is 12.1 Å². The Hall–Kier alpha value is -0.640. The molecule has 2 rings (SSSR count). The van der Waals surface area contributed by atoms with E-state index in [4.69, 9.17) is 0 Å². The molecule has 1 aromatic rings. The van der Waals surface area contributed by atoms with Gasteiger partial charge in [-0.3, -0.25) is 0 Å². The average Bonchev–Trinajstić information content (AvgIpc) is 2.49. The van der Waals surface area contributed by atoms with Gasteiger partial charge in [-0.1, -0.05) is 12.1 Å². The Labute approximate surface area is 94.9 Å². The molecule has 1 aliphatic heterocycles. The second-order valence-electron chi connectivity index (χ2n) is 3.94. The Morgan fingerprint density at radius 3 is 2.80 bits per heavy atom. The molecule has 0 spiro atoms. The van der Waals surface area contributed by atoms with Crippen LogP contribution in [0.5, 0.6) is 0 Å². The number of aliphatic hydroxyl groups excluding tert-OH is 1. The Morgan fingerprint density at radius 1 is 1.53 bits per heavy atom. The monoisotopic (exact) mass is 231 g/mol. The number of halogens is 2. The molecule has 0 saturated carbocycles. The Morgan fingerprint density at radius 2 is 2.27 bits per heavy atom. The van der Waals surface area contributed by atoms with Gasteiger partial charge in [-0.25, -0.2) is 4.39 Å². The highest BCUT2D eigenvalue weighted by molar-refractivity contribution is 5.85. The molecular formula is C11H15ClFNO. The second-order valence-corrected chi connectivity index (χ2v) is 3.94. The standard InChI is InChI=1S/C11H14FNO.ClH/c1-11(10(14)5-6-13-11)8-3-2-4-9(12)7-8;/h2-4,7,10,13-14H,5-6H2,1H3;1H. The van der Waals surface area contributed by atoms with E-state index in [2.05, 4.69) is 5.32 Å². The zero-order chi connectivity index (χ0) is 10.2. The van der Waals surface area contributed by atoms with Crippen molar-refractivity contribution >= 4 is 12.4 Å². The third kappa shape index (κ3) is 2.14. The van der Waals surface area contributed by atoms with Gasteiger partial charge in [0.1, 0.15) is 5.82 Å². The third-order valence-corrected chi connectivity index (χ3v) is 3.00. The first-order valence-corrected chi connectivity index (χ1v) is 4.82. The first-order valence-electron chi connectivity index (χ1n) is 4.82. The maximum Gasteiger partial charge on any atom is 0.123 e. The van der Waals surface area contributed by atoms with Gasteiger partial charge in [-0.2, -0.15) is 0 Å². The molecule has 0 bridgehead atoms. The van der Waals surface area contributed by atoms with Crippen molar-refractivity contribution in [2.75, 3.05) is 6.54 Å². The van der Waals surface area contributed by atoms with Crippen molar-refractivity contribution in [1.29, 1.82) is 0 Å². The number of benzene rings is 1. The Bertz CT molecular complexity index is 347. The molecule has 84 valence electrons. The fourth-order valence-electron chi connectivity index (χ4n) is 1.98. The van der Waals surface area contributed by atoms with Crippen molar-refractivity contribution in [3.8, 4) is 0 Å². The smallest absolute Gasteiger partial charge is 0.123 e. The highest BCUT2D eigenvalue weighted by Crippen LogP contribution is 2.30. The topological polar surface area (TPSA) is 32.3 Å². The van der Waals surface area contributed by atoms with Gasteiger partial charge in [0.05, 0.1) is 11.6 Å². The number of rotatable bonds is 1. The molecule has 1 aromatic carbocycles. The Kier molecular flexibility index (Phi) is 3.71. The van der Waals surface area contributed by atoms with Crippen molar-refractivity contribution in [2.45, 2.75) is 25.0 Å². The van der Waals surface area contributed by atoms with Gasteiger partial charge in [0, 0.05) is 0 Å². The minimum Gasteiger partial charge on any atom is -0.391 e. The van der Waals surface area contributed by atoms with Crippen LogP contribution in [-0.4, -0.2) is 17.8 Å². The van der Waals surface area contributed by atoms with Gasteiger partial charge in [0.15, 0.2) is 0 Å². The van der Waals surface area contributed by atoms with E-state index in [1.807, 2.05) is 13.0 Å². The summed E-state index contributed by atoms with van der Waals surface area (Å²) >= 11 is 0. The molecule has 0 amide bonds. The van der Waals surface area contributed by atoms with Crippen LogP contribution in [0.1, 0.15) is 18.9 Å². The lowest BCUT2D eigenvalue weighted by Gasteiger charge is -2.29. The molecule has 2 nitrogen and oxygen atoms in total. The minimum atomic E-state index is -0.498. The zero-order valence-electron chi connectivity index (χ0n) is 8.53. The van der Waals surface area contributed by atoms with Crippen LogP contribution >= 0.6 is 12.4 Å². The normalized spacial score (nSPS) is 29.9. The number of hydrogen-bond donors (Lipinski definition) is 2. The van der Waals surface area contributed by atoms with E-state index >= 15 is 0 Å². The number of hydrogen-bond acceptors (Lipinski definition) is 2. The molecule has 2 N–H and O–H groups in total. The number of nitrogens with one attached hydrogen (secondary N) is 1. The molecule has 15 heavy (non-hydrogen) atoms. The van der Waals surface area contributed by atoms with Crippen LogP contribution in [0.15, 0.2) is 24.3 Å². The van der Waals surface area contributed by atoms with E-state index in [1.54, 1.807) is 6.07 Å². The van der Waals surface area contributed by atoms with Crippen molar-refractivity contribution < 1.29 is 9.50 Å². The van der Waals surface area contributed by atoms with Crippen LogP contribution in [0, 0.1) is 5.82 Å². The van der Waals surface area contributed by atoms with Gasteiger partial charge in [-0.05, 0) is 37.6 Å². The van der Waals surface area contributed by atoms with E-state index in [1.165, 1.54) is 12.1 Å². The van der Waals surface area contributed by atoms with Gasteiger partial charge >= 0.3 is 0 Å². The third-order valence-electron chi connectivity index (χ3n) is 3.00. The van der Waals surface area contributed by atoms with Crippen LogP contribution < -0.4 is 5.32 Å². The molecule has 0 aliphatic carbocycles. The van der Waals surface area contributed by atoms with Crippen LogP contribution in [0.4, 0.5) is 4.39 Å². The summed E-state index contributed by atoms with van der Waals surface area (Å²) < 4.78 is 13.0. The highest BCUT2D eigenvalue weighted by Gasteiger charge is 2.38. The molecule has 2 unspecified atom stereocenters. The fourth-order valence-corrected chi connectivity index (χ4v) is 1.98. The lowest BCUT2D eigenvalue weighted by atomic mass is 9.88. The van der Waals surface area contributed by atoms with Crippen LogP contribution in [0.2, 0.25) is 0 Å². The van der Waals surface area contributed by atoms with E-state index in [9.17, 15) is 9.50 Å². The molecule has 1 aliphatic rings. The van der Waals surface area contributed by atoms with Crippen LogP contribution in [-0.2, 0) is 5.54 Å². The summed E-state index contributed by atoms with van der Waals surface area (Å²) in [5.41, 5.74) is 0.310. The summed E-state index contributed by atoms with van der Waals surface area (Å²) in [6.07, 6.45) is 0.275. The van der Waals surface area contributed by atoms with Crippen LogP contribution in [0.3, 0.4) is 0 Å². The van der Waals surface area contributed by atoms with Gasteiger partial charge in [0.25, 0.3) is 0 Å². The van der Waals surface area contributed by atoms with Crippen molar-refractivity contribution in [3.05, 3.63) is 35.6 Å². The van der Waals surface area contributed by atoms with E-state index in [-0.39, 0.29) is 18.2 Å². The van der Waals surface area contributed by atoms with Crippen molar-refractivity contribution in [1.82, 2.24) is 5.32 Å². The van der Waals surface area contributed by atoms with Crippen LogP contribution in [0.25, 0.3) is 0 Å². The summed E-state index contributed by atoms with van der Waals surface area (Å²) in [4.78, 5) is 0. The fraction of sp³-hybridized carbons (Fsp3) is 0.455. The van der Waals surface area contributed by atoms with E-state index < -0.39 is 11.6 Å². The lowest BCUT2D eigenvalue weighted by Crippen LogP contribution is -2.41.